The van der Waals surface area contributed by atoms with Crippen molar-refractivity contribution >= 4 is 16.8 Å². The number of hydrogen-bond acceptors (Lipinski definition) is 1. The SMILES string of the molecule is C=C(C)/C(=C/C(C)C(C)C)C(Cl)=NC. The number of aliphatic imine (C=N–C) groups is 1. The van der Waals surface area contributed by atoms with E-state index in [1.165, 1.54) is 0 Å². The van der Waals surface area contributed by atoms with Gasteiger partial charge in [0.05, 0.1) is 0 Å². The molecule has 2 heteroatoms. The molecule has 1 atom stereocenters. The van der Waals surface area contributed by atoms with Gasteiger partial charge in [-0.1, -0.05) is 45.0 Å². The van der Waals surface area contributed by atoms with Crippen LogP contribution in [0.1, 0.15) is 27.7 Å². The average Bonchev–Trinajstić information content (AvgIpc) is 2.11. The van der Waals surface area contributed by atoms with E-state index >= 15 is 0 Å². The van der Waals surface area contributed by atoms with E-state index in [0.717, 1.165) is 11.1 Å². The van der Waals surface area contributed by atoms with Crippen molar-refractivity contribution in [2.75, 3.05) is 7.05 Å². The van der Waals surface area contributed by atoms with E-state index in [9.17, 15) is 0 Å². The van der Waals surface area contributed by atoms with Crippen molar-refractivity contribution < 1.29 is 0 Å². The Morgan fingerprint density at radius 3 is 2.14 bits per heavy atom. The van der Waals surface area contributed by atoms with Gasteiger partial charge in [0.2, 0.25) is 0 Å². The summed E-state index contributed by atoms with van der Waals surface area (Å²) in [6, 6.07) is 0. The van der Waals surface area contributed by atoms with Gasteiger partial charge in [0.15, 0.2) is 0 Å². The summed E-state index contributed by atoms with van der Waals surface area (Å²) in [6.07, 6.45) is 2.14. The highest BCUT2D eigenvalue weighted by Crippen LogP contribution is 2.19. The number of nitrogens with zero attached hydrogens (tertiary/aromatic N) is 1. The zero-order valence-electron chi connectivity index (χ0n) is 9.76. The fraction of sp³-hybridized carbons (Fsp3) is 0.583. The molecule has 0 aromatic carbocycles. The van der Waals surface area contributed by atoms with Crippen LogP contribution >= 0.6 is 11.6 Å². The van der Waals surface area contributed by atoms with E-state index in [0.29, 0.717) is 17.0 Å². The molecule has 1 nitrogen and oxygen atoms in total. The number of rotatable bonds is 4. The highest BCUT2D eigenvalue weighted by molar-refractivity contribution is 6.70. The van der Waals surface area contributed by atoms with Gasteiger partial charge in [0.1, 0.15) is 5.17 Å². The molecule has 0 saturated heterocycles. The first kappa shape index (κ1) is 13.4. The maximum absolute atomic E-state index is 6.00. The zero-order valence-corrected chi connectivity index (χ0v) is 10.5. The topological polar surface area (TPSA) is 12.4 Å². The Morgan fingerprint density at radius 2 is 1.86 bits per heavy atom. The van der Waals surface area contributed by atoms with Gasteiger partial charge in [-0.25, -0.2) is 0 Å². The quantitative estimate of drug-likeness (QED) is 0.494. The Morgan fingerprint density at radius 1 is 1.36 bits per heavy atom. The second kappa shape index (κ2) is 6.02. The maximum atomic E-state index is 6.00. The van der Waals surface area contributed by atoms with Crippen LogP contribution in [0.4, 0.5) is 0 Å². The van der Waals surface area contributed by atoms with Gasteiger partial charge in [-0.2, -0.15) is 0 Å². The van der Waals surface area contributed by atoms with Crippen molar-refractivity contribution in [3.8, 4) is 0 Å². The predicted molar refractivity (Wildman–Crippen MR) is 66.1 cm³/mol. The lowest BCUT2D eigenvalue weighted by Gasteiger charge is -2.13. The Balaban J connectivity index is 4.92. The minimum Gasteiger partial charge on any atom is -0.276 e. The van der Waals surface area contributed by atoms with Crippen LogP contribution in [0.2, 0.25) is 0 Å². The lowest BCUT2D eigenvalue weighted by molar-refractivity contribution is 0.503. The normalized spacial score (nSPS) is 15.9. The Hall–Kier alpha value is -0.560. The van der Waals surface area contributed by atoms with E-state index in [2.05, 4.69) is 38.4 Å². The molecule has 0 aromatic heterocycles. The molecule has 1 unspecified atom stereocenters. The van der Waals surface area contributed by atoms with Gasteiger partial charge < -0.3 is 0 Å². The van der Waals surface area contributed by atoms with Crippen molar-refractivity contribution in [2.45, 2.75) is 27.7 Å². The van der Waals surface area contributed by atoms with Crippen LogP contribution < -0.4 is 0 Å². The molecule has 0 aromatic rings. The fourth-order valence-corrected chi connectivity index (χ4v) is 1.19. The average molecular weight is 214 g/mol. The monoisotopic (exact) mass is 213 g/mol. The first-order valence-corrected chi connectivity index (χ1v) is 5.28. The van der Waals surface area contributed by atoms with Crippen LogP contribution in [0, 0.1) is 11.8 Å². The van der Waals surface area contributed by atoms with Crippen molar-refractivity contribution in [3.63, 3.8) is 0 Å². The number of halogens is 1. The first-order chi connectivity index (χ1) is 6.40. The highest BCUT2D eigenvalue weighted by atomic mass is 35.5. The van der Waals surface area contributed by atoms with Gasteiger partial charge in [-0.15, -0.1) is 0 Å². The van der Waals surface area contributed by atoms with Crippen molar-refractivity contribution in [2.24, 2.45) is 16.8 Å². The van der Waals surface area contributed by atoms with Crippen molar-refractivity contribution in [1.29, 1.82) is 0 Å². The summed E-state index contributed by atoms with van der Waals surface area (Å²) in [4.78, 5) is 3.98. The molecule has 80 valence electrons. The van der Waals surface area contributed by atoms with Gasteiger partial charge in [-0.05, 0) is 24.3 Å². The molecule has 0 radical (unpaired) electrons. The third kappa shape index (κ3) is 4.10. The van der Waals surface area contributed by atoms with Crippen molar-refractivity contribution in [3.05, 3.63) is 23.8 Å². The summed E-state index contributed by atoms with van der Waals surface area (Å²) in [5, 5.41) is 0.546. The summed E-state index contributed by atoms with van der Waals surface area (Å²) in [6.45, 7) is 12.4. The molecule has 0 bridgehead atoms. The van der Waals surface area contributed by atoms with E-state index < -0.39 is 0 Å². The van der Waals surface area contributed by atoms with Crippen LogP contribution in [-0.4, -0.2) is 12.2 Å². The Kier molecular flexibility index (Phi) is 5.78. The highest BCUT2D eigenvalue weighted by Gasteiger charge is 2.09. The number of hydrogen-bond donors (Lipinski definition) is 0. The molecular weight excluding hydrogens is 194 g/mol. The van der Waals surface area contributed by atoms with Gasteiger partial charge in [0, 0.05) is 12.6 Å². The second-order valence-electron chi connectivity index (χ2n) is 3.98. The molecule has 0 amide bonds. The van der Waals surface area contributed by atoms with Crippen LogP contribution in [-0.2, 0) is 0 Å². The minimum atomic E-state index is 0.484. The molecular formula is C12H20ClN. The van der Waals surface area contributed by atoms with E-state index in [1.54, 1.807) is 7.05 Å². The molecule has 0 aliphatic heterocycles. The van der Waals surface area contributed by atoms with Crippen LogP contribution in [0.25, 0.3) is 0 Å². The standard InChI is InChI=1S/C12H20ClN/c1-8(2)10(5)7-11(9(3)4)12(13)14-6/h7-8,10H,3H2,1-2,4-6H3/b11-7-,14-12?. The Bertz CT molecular complexity index is 261. The summed E-state index contributed by atoms with van der Waals surface area (Å²) in [5.74, 6) is 1.09. The van der Waals surface area contributed by atoms with Gasteiger partial charge >= 0.3 is 0 Å². The largest absolute Gasteiger partial charge is 0.276 e. The fourth-order valence-electron chi connectivity index (χ4n) is 0.963. The zero-order chi connectivity index (χ0) is 11.3. The maximum Gasteiger partial charge on any atom is 0.130 e. The Labute approximate surface area is 92.6 Å². The van der Waals surface area contributed by atoms with Gasteiger partial charge in [-0.3, -0.25) is 4.99 Å². The third-order valence-electron chi connectivity index (χ3n) is 2.36. The molecule has 0 rings (SSSR count). The van der Waals surface area contributed by atoms with Crippen LogP contribution in [0.5, 0.6) is 0 Å². The minimum absolute atomic E-state index is 0.484. The predicted octanol–water partition coefficient (Wildman–Crippen LogP) is 4.05. The first-order valence-electron chi connectivity index (χ1n) is 4.90. The molecule has 0 fully saturated rings. The molecule has 0 aliphatic rings. The van der Waals surface area contributed by atoms with E-state index in [-0.39, 0.29) is 0 Å². The summed E-state index contributed by atoms with van der Waals surface area (Å²) in [5.41, 5.74) is 1.93. The lowest BCUT2D eigenvalue weighted by Crippen LogP contribution is -2.04. The molecule has 0 heterocycles. The molecule has 14 heavy (non-hydrogen) atoms. The summed E-state index contributed by atoms with van der Waals surface area (Å²) >= 11 is 6.00. The summed E-state index contributed by atoms with van der Waals surface area (Å²) < 4.78 is 0. The molecule has 0 spiro atoms. The summed E-state index contributed by atoms with van der Waals surface area (Å²) in [7, 11) is 1.69. The molecule has 0 N–H and O–H groups in total. The third-order valence-corrected chi connectivity index (χ3v) is 2.73. The van der Waals surface area contributed by atoms with Crippen LogP contribution in [0.3, 0.4) is 0 Å². The van der Waals surface area contributed by atoms with E-state index in [4.69, 9.17) is 11.6 Å². The molecule has 0 saturated carbocycles. The smallest absolute Gasteiger partial charge is 0.130 e. The second-order valence-corrected chi connectivity index (χ2v) is 4.34. The van der Waals surface area contributed by atoms with Crippen molar-refractivity contribution in [1.82, 2.24) is 0 Å². The lowest BCUT2D eigenvalue weighted by atomic mass is 9.94. The van der Waals surface area contributed by atoms with Crippen LogP contribution in [0.15, 0.2) is 28.8 Å². The number of allylic oxidation sites excluding steroid dienone is 3. The van der Waals surface area contributed by atoms with Gasteiger partial charge in [0.25, 0.3) is 0 Å². The van der Waals surface area contributed by atoms with E-state index in [1.807, 2.05) is 6.92 Å². The molecule has 0 aliphatic carbocycles.